The quantitative estimate of drug-likeness (QED) is 0.830. The summed E-state index contributed by atoms with van der Waals surface area (Å²) in [7, 11) is 0. The van der Waals surface area contributed by atoms with Crippen LogP contribution in [0.1, 0.15) is 52.5 Å². The third-order valence-corrected chi connectivity index (χ3v) is 2.84. The summed E-state index contributed by atoms with van der Waals surface area (Å²) in [5, 5.41) is 5.70. The van der Waals surface area contributed by atoms with E-state index in [1.165, 1.54) is 5.56 Å². The van der Waals surface area contributed by atoms with E-state index in [0.717, 1.165) is 12.1 Å². The SMILES string of the molecule is CC[C@H](C)c1ccc(NC(=O)NC(C)(C)C)cc1. The maximum Gasteiger partial charge on any atom is 0.319 e. The maximum atomic E-state index is 11.7. The van der Waals surface area contributed by atoms with Crippen molar-refractivity contribution in [1.82, 2.24) is 5.32 Å². The zero-order valence-corrected chi connectivity index (χ0v) is 12.0. The van der Waals surface area contributed by atoms with Gasteiger partial charge < -0.3 is 10.6 Å². The van der Waals surface area contributed by atoms with Crippen molar-refractivity contribution in [2.24, 2.45) is 0 Å². The lowest BCUT2D eigenvalue weighted by Gasteiger charge is -2.20. The second kappa shape index (κ2) is 5.89. The molecule has 18 heavy (non-hydrogen) atoms. The lowest BCUT2D eigenvalue weighted by molar-refractivity contribution is 0.244. The summed E-state index contributed by atoms with van der Waals surface area (Å²) in [6, 6.07) is 7.87. The number of nitrogens with one attached hydrogen (secondary N) is 2. The molecule has 0 saturated carbocycles. The molecular weight excluding hydrogens is 224 g/mol. The van der Waals surface area contributed by atoms with Gasteiger partial charge in [-0.25, -0.2) is 4.79 Å². The van der Waals surface area contributed by atoms with E-state index in [0.29, 0.717) is 5.92 Å². The van der Waals surface area contributed by atoms with Crippen LogP contribution in [0.2, 0.25) is 0 Å². The predicted molar refractivity (Wildman–Crippen MR) is 77.1 cm³/mol. The van der Waals surface area contributed by atoms with Crippen LogP contribution in [0.25, 0.3) is 0 Å². The first kappa shape index (κ1) is 14.6. The largest absolute Gasteiger partial charge is 0.333 e. The predicted octanol–water partition coefficient (Wildman–Crippen LogP) is 4.12. The van der Waals surface area contributed by atoms with Gasteiger partial charge in [-0.15, -0.1) is 0 Å². The molecule has 100 valence electrons. The molecule has 0 fully saturated rings. The number of carbonyl (C=O) groups excluding carboxylic acids is 1. The second-order valence-corrected chi connectivity index (χ2v) is 5.76. The molecule has 0 saturated heterocycles. The molecule has 0 aliphatic rings. The van der Waals surface area contributed by atoms with Crippen LogP contribution in [0, 0.1) is 0 Å². The van der Waals surface area contributed by atoms with Gasteiger partial charge in [-0.3, -0.25) is 0 Å². The molecule has 3 heteroatoms. The van der Waals surface area contributed by atoms with Crippen LogP contribution in [-0.4, -0.2) is 11.6 Å². The van der Waals surface area contributed by atoms with Crippen LogP contribution in [0.3, 0.4) is 0 Å². The van der Waals surface area contributed by atoms with Gasteiger partial charge in [0.05, 0.1) is 0 Å². The lowest BCUT2D eigenvalue weighted by atomic mass is 9.99. The Labute approximate surface area is 110 Å². The molecule has 2 N–H and O–H groups in total. The Hall–Kier alpha value is -1.51. The number of benzene rings is 1. The summed E-state index contributed by atoms with van der Waals surface area (Å²) in [5.74, 6) is 0.558. The third kappa shape index (κ3) is 4.78. The minimum absolute atomic E-state index is 0.168. The molecule has 1 rings (SSSR count). The highest BCUT2D eigenvalue weighted by molar-refractivity contribution is 5.89. The van der Waals surface area contributed by atoms with Gasteiger partial charge in [0.1, 0.15) is 0 Å². The Kier molecular flexibility index (Phi) is 4.76. The number of carbonyl (C=O) groups is 1. The summed E-state index contributed by atoms with van der Waals surface area (Å²) in [5.41, 5.74) is 1.91. The topological polar surface area (TPSA) is 41.1 Å². The van der Waals surface area contributed by atoms with Gasteiger partial charge in [-0.05, 0) is 50.8 Å². The van der Waals surface area contributed by atoms with E-state index in [9.17, 15) is 4.79 Å². The van der Waals surface area contributed by atoms with Crippen LogP contribution in [0.15, 0.2) is 24.3 Å². The molecule has 1 aromatic rings. The summed E-state index contributed by atoms with van der Waals surface area (Å²) in [6.07, 6.45) is 1.12. The van der Waals surface area contributed by atoms with Gasteiger partial charge in [-0.2, -0.15) is 0 Å². The Bertz CT molecular complexity index is 390. The van der Waals surface area contributed by atoms with Crippen molar-refractivity contribution in [2.45, 2.75) is 52.5 Å². The Morgan fingerprint density at radius 1 is 1.22 bits per heavy atom. The summed E-state index contributed by atoms with van der Waals surface area (Å²) in [4.78, 5) is 11.7. The monoisotopic (exact) mass is 248 g/mol. The number of urea groups is 1. The van der Waals surface area contributed by atoms with Crippen molar-refractivity contribution < 1.29 is 4.79 Å². The lowest BCUT2D eigenvalue weighted by Crippen LogP contribution is -2.43. The van der Waals surface area contributed by atoms with E-state index in [-0.39, 0.29) is 11.6 Å². The minimum atomic E-state index is -0.221. The summed E-state index contributed by atoms with van der Waals surface area (Å²) in [6.45, 7) is 10.2. The number of rotatable bonds is 3. The number of hydrogen-bond acceptors (Lipinski definition) is 1. The molecule has 3 nitrogen and oxygen atoms in total. The van der Waals surface area contributed by atoms with E-state index < -0.39 is 0 Å². The van der Waals surface area contributed by atoms with Crippen molar-refractivity contribution in [3.8, 4) is 0 Å². The highest BCUT2D eigenvalue weighted by Gasteiger charge is 2.13. The zero-order chi connectivity index (χ0) is 13.8. The number of amides is 2. The molecule has 1 aromatic carbocycles. The fraction of sp³-hybridized carbons (Fsp3) is 0.533. The maximum absolute atomic E-state index is 11.7. The van der Waals surface area contributed by atoms with E-state index in [1.807, 2.05) is 32.9 Å². The van der Waals surface area contributed by atoms with Crippen molar-refractivity contribution >= 4 is 11.7 Å². The van der Waals surface area contributed by atoms with Gasteiger partial charge in [0.25, 0.3) is 0 Å². The van der Waals surface area contributed by atoms with E-state index in [1.54, 1.807) is 0 Å². The Balaban J connectivity index is 2.61. The van der Waals surface area contributed by atoms with E-state index in [2.05, 4.69) is 36.6 Å². The molecule has 2 amide bonds. The van der Waals surface area contributed by atoms with Crippen molar-refractivity contribution in [3.63, 3.8) is 0 Å². The van der Waals surface area contributed by atoms with Crippen molar-refractivity contribution in [1.29, 1.82) is 0 Å². The van der Waals surface area contributed by atoms with E-state index >= 15 is 0 Å². The van der Waals surface area contributed by atoms with Crippen LogP contribution in [0.5, 0.6) is 0 Å². The summed E-state index contributed by atoms with van der Waals surface area (Å²) >= 11 is 0. The minimum Gasteiger partial charge on any atom is -0.333 e. The molecule has 1 atom stereocenters. The molecule has 0 unspecified atom stereocenters. The van der Waals surface area contributed by atoms with Gasteiger partial charge in [0.15, 0.2) is 0 Å². The highest BCUT2D eigenvalue weighted by Crippen LogP contribution is 2.20. The van der Waals surface area contributed by atoms with Gasteiger partial charge >= 0.3 is 6.03 Å². The fourth-order valence-electron chi connectivity index (χ4n) is 1.63. The first-order valence-electron chi connectivity index (χ1n) is 6.51. The highest BCUT2D eigenvalue weighted by atomic mass is 16.2. The molecule has 0 aliphatic heterocycles. The van der Waals surface area contributed by atoms with Gasteiger partial charge in [0, 0.05) is 11.2 Å². The van der Waals surface area contributed by atoms with E-state index in [4.69, 9.17) is 0 Å². The van der Waals surface area contributed by atoms with Gasteiger partial charge in [-0.1, -0.05) is 26.0 Å². The molecule has 0 aromatic heterocycles. The van der Waals surface area contributed by atoms with Crippen LogP contribution in [-0.2, 0) is 0 Å². The smallest absolute Gasteiger partial charge is 0.319 e. The molecular formula is C15H24N2O. The standard InChI is InChI=1S/C15H24N2O/c1-6-11(2)12-7-9-13(10-8-12)16-14(18)17-15(3,4)5/h7-11H,6H2,1-5H3,(H2,16,17,18)/t11-/m0/s1. The third-order valence-electron chi connectivity index (χ3n) is 2.84. The normalized spacial score (nSPS) is 12.9. The van der Waals surface area contributed by atoms with Crippen molar-refractivity contribution in [3.05, 3.63) is 29.8 Å². The average molecular weight is 248 g/mol. The first-order valence-corrected chi connectivity index (χ1v) is 6.51. The molecule has 0 bridgehead atoms. The number of hydrogen-bond donors (Lipinski definition) is 2. The Morgan fingerprint density at radius 3 is 2.22 bits per heavy atom. The van der Waals surface area contributed by atoms with Crippen LogP contribution >= 0.6 is 0 Å². The average Bonchev–Trinajstić information content (AvgIpc) is 2.26. The Morgan fingerprint density at radius 2 is 1.78 bits per heavy atom. The zero-order valence-electron chi connectivity index (χ0n) is 12.0. The van der Waals surface area contributed by atoms with Crippen LogP contribution in [0.4, 0.5) is 10.5 Å². The molecule has 0 aliphatic carbocycles. The van der Waals surface area contributed by atoms with Gasteiger partial charge in [0.2, 0.25) is 0 Å². The molecule has 0 radical (unpaired) electrons. The van der Waals surface area contributed by atoms with Crippen molar-refractivity contribution in [2.75, 3.05) is 5.32 Å². The fourth-order valence-corrected chi connectivity index (χ4v) is 1.63. The summed E-state index contributed by atoms with van der Waals surface area (Å²) < 4.78 is 0. The number of anilines is 1. The second-order valence-electron chi connectivity index (χ2n) is 5.76. The van der Waals surface area contributed by atoms with Crippen LogP contribution < -0.4 is 10.6 Å². The first-order chi connectivity index (χ1) is 8.31. The molecule has 0 spiro atoms. The molecule has 0 heterocycles.